The van der Waals surface area contributed by atoms with Crippen molar-refractivity contribution in [1.82, 2.24) is 29.0 Å². The maximum atomic E-state index is 12.4. The third kappa shape index (κ3) is 2.70. The van der Waals surface area contributed by atoms with Crippen molar-refractivity contribution >= 4 is 21.1 Å². The van der Waals surface area contributed by atoms with Gasteiger partial charge < -0.3 is 4.98 Å². The topological polar surface area (TPSA) is 121 Å². The van der Waals surface area contributed by atoms with Crippen molar-refractivity contribution in [3.8, 4) is 17.3 Å². The highest BCUT2D eigenvalue weighted by Gasteiger charge is 2.51. The van der Waals surface area contributed by atoms with E-state index in [9.17, 15) is 13.7 Å². The highest BCUT2D eigenvalue weighted by atomic mass is 32.2. The van der Waals surface area contributed by atoms with Gasteiger partial charge in [-0.15, -0.1) is 0 Å². The summed E-state index contributed by atoms with van der Waals surface area (Å²) in [4.78, 5) is 11.7. The van der Waals surface area contributed by atoms with Crippen molar-refractivity contribution in [3.63, 3.8) is 0 Å². The van der Waals surface area contributed by atoms with Crippen molar-refractivity contribution in [1.29, 1.82) is 5.26 Å². The van der Waals surface area contributed by atoms with Crippen LogP contribution in [0.1, 0.15) is 26.0 Å². The second-order valence-corrected chi connectivity index (χ2v) is 9.95. The van der Waals surface area contributed by atoms with E-state index < -0.39 is 20.8 Å². The van der Waals surface area contributed by atoms with Gasteiger partial charge in [0, 0.05) is 36.4 Å². The number of hydrogen-bond acceptors (Lipinski definition) is 6. The molecule has 9 nitrogen and oxygen atoms in total. The minimum atomic E-state index is -3.36. The first-order valence-corrected chi connectivity index (χ1v) is 10.5. The molecular formula is C18H21N7O2S. The lowest BCUT2D eigenvalue weighted by Crippen LogP contribution is -2.65. The molecule has 146 valence electrons. The van der Waals surface area contributed by atoms with Crippen molar-refractivity contribution in [3.05, 3.63) is 30.5 Å². The molecule has 0 aliphatic carbocycles. The molecule has 10 heteroatoms. The average Bonchev–Trinajstić information content (AvgIpc) is 3.23. The van der Waals surface area contributed by atoms with Gasteiger partial charge in [0.1, 0.15) is 17.5 Å². The molecule has 0 amide bonds. The van der Waals surface area contributed by atoms with E-state index in [1.165, 1.54) is 10.6 Å². The number of nitriles is 1. The number of aromatic nitrogens is 5. The predicted octanol–water partition coefficient (Wildman–Crippen LogP) is 1.79. The minimum absolute atomic E-state index is 0.182. The van der Waals surface area contributed by atoms with E-state index in [4.69, 9.17) is 0 Å². The first-order valence-electron chi connectivity index (χ1n) is 8.99. The summed E-state index contributed by atoms with van der Waals surface area (Å²) >= 11 is 0. The molecule has 0 spiro atoms. The highest BCUT2D eigenvalue weighted by molar-refractivity contribution is 7.89. The molecule has 1 aliphatic heterocycles. The van der Waals surface area contributed by atoms with Crippen molar-refractivity contribution in [2.45, 2.75) is 38.0 Å². The van der Waals surface area contributed by atoms with E-state index >= 15 is 0 Å². The van der Waals surface area contributed by atoms with Gasteiger partial charge >= 0.3 is 0 Å². The number of rotatable bonds is 5. The van der Waals surface area contributed by atoms with Crippen LogP contribution in [0.3, 0.4) is 0 Å². The summed E-state index contributed by atoms with van der Waals surface area (Å²) in [5.74, 6) is 0. The minimum Gasteiger partial charge on any atom is -0.346 e. The number of sulfonamides is 1. The Balaban J connectivity index is 1.73. The van der Waals surface area contributed by atoms with Crippen molar-refractivity contribution in [2.75, 3.05) is 13.1 Å². The molecular weight excluding hydrogens is 378 g/mol. The van der Waals surface area contributed by atoms with Gasteiger partial charge in [0.25, 0.3) is 0 Å². The average molecular weight is 399 g/mol. The number of aromatic amines is 1. The van der Waals surface area contributed by atoms with E-state index in [1.807, 2.05) is 19.2 Å². The molecule has 0 unspecified atom stereocenters. The SMILES string of the molecule is Cc1nn(C2(CC#N)CN(S(=O)(=O)C(C)C)C2)cc1-c1ncnc2[nH]ccc12. The molecule has 0 bridgehead atoms. The van der Waals surface area contributed by atoms with Gasteiger partial charge in [0.05, 0.1) is 29.1 Å². The number of aryl methyl sites for hydroxylation is 1. The Morgan fingerprint density at radius 1 is 1.36 bits per heavy atom. The first kappa shape index (κ1) is 18.6. The lowest BCUT2D eigenvalue weighted by molar-refractivity contribution is 0.0708. The summed E-state index contributed by atoms with van der Waals surface area (Å²) in [7, 11) is -3.36. The predicted molar refractivity (Wildman–Crippen MR) is 104 cm³/mol. The summed E-state index contributed by atoms with van der Waals surface area (Å²) in [6.07, 6.45) is 5.35. The third-order valence-corrected chi connectivity index (χ3v) is 7.47. The van der Waals surface area contributed by atoms with Crippen LogP contribution in [-0.2, 0) is 15.6 Å². The number of nitrogens with one attached hydrogen (secondary N) is 1. The summed E-state index contributed by atoms with van der Waals surface area (Å²) in [5.41, 5.74) is 2.44. The third-order valence-electron chi connectivity index (χ3n) is 5.30. The maximum Gasteiger partial charge on any atom is 0.216 e. The smallest absolute Gasteiger partial charge is 0.216 e. The van der Waals surface area contributed by atoms with Crippen LogP contribution < -0.4 is 0 Å². The largest absolute Gasteiger partial charge is 0.346 e. The van der Waals surface area contributed by atoms with Gasteiger partial charge in [-0.2, -0.15) is 14.7 Å². The van der Waals surface area contributed by atoms with Crippen LogP contribution in [0.2, 0.25) is 0 Å². The van der Waals surface area contributed by atoms with Gasteiger partial charge in [-0.3, -0.25) is 4.68 Å². The zero-order valence-corrected chi connectivity index (χ0v) is 16.7. The van der Waals surface area contributed by atoms with Crippen molar-refractivity contribution < 1.29 is 8.42 Å². The molecule has 4 heterocycles. The fourth-order valence-corrected chi connectivity index (χ4v) is 5.03. The second kappa shape index (κ2) is 6.39. The Bertz CT molecular complexity index is 1180. The first-order chi connectivity index (χ1) is 13.3. The normalized spacial score (nSPS) is 17.0. The van der Waals surface area contributed by atoms with Gasteiger partial charge in [-0.1, -0.05) is 0 Å². The Morgan fingerprint density at radius 3 is 2.79 bits per heavy atom. The van der Waals surface area contributed by atoms with Gasteiger partial charge in [-0.25, -0.2) is 18.4 Å². The van der Waals surface area contributed by atoms with E-state index in [-0.39, 0.29) is 19.5 Å². The van der Waals surface area contributed by atoms with Crippen LogP contribution >= 0.6 is 0 Å². The molecule has 0 saturated carbocycles. The molecule has 1 N–H and O–H groups in total. The van der Waals surface area contributed by atoms with Crippen LogP contribution in [0, 0.1) is 18.3 Å². The molecule has 28 heavy (non-hydrogen) atoms. The van der Waals surface area contributed by atoms with Crippen LogP contribution in [0.25, 0.3) is 22.3 Å². The lowest BCUT2D eigenvalue weighted by atomic mass is 9.89. The Hall–Kier alpha value is -2.77. The van der Waals surface area contributed by atoms with Gasteiger partial charge in [0.2, 0.25) is 10.0 Å². The van der Waals surface area contributed by atoms with E-state index in [2.05, 4.69) is 26.1 Å². The fourth-order valence-electron chi connectivity index (χ4n) is 3.60. The van der Waals surface area contributed by atoms with Crippen LogP contribution in [-0.4, -0.2) is 55.8 Å². The molecule has 3 aromatic rings. The molecule has 1 saturated heterocycles. The van der Waals surface area contributed by atoms with Gasteiger partial charge in [-0.05, 0) is 26.8 Å². The van der Waals surface area contributed by atoms with E-state index in [0.717, 1.165) is 28.0 Å². The maximum absolute atomic E-state index is 12.4. The Kier molecular flexibility index (Phi) is 4.24. The molecule has 0 atom stereocenters. The molecule has 0 aromatic carbocycles. The zero-order chi connectivity index (χ0) is 20.1. The van der Waals surface area contributed by atoms with Crippen molar-refractivity contribution in [2.24, 2.45) is 0 Å². The molecule has 1 fully saturated rings. The van der Waals surface area contributed by atoms with Crippen LogP contribution in [0.4, 0.5) is 0 Å². The Morgan fingerprint density at radius 2 is 2.11 bits per heavy atom. The summed E-state index contributed by atoms with van der Waals surface area (Å²) in [5, 5.41) is 14.4. The molecule has 3 aromatic heterocycles. The molecule has 4 rings (SSSR count). The zero-order valence-electron chi connectivity index (χ0n) is 15.9. The van der Waals surface area contributed by atoms with E-state index in [0.29, 0.717) is 0 Å². The van der Waals surface area contributed by atoms with E-state index in [1.54, 1.807) is 24.7 Å². The van der Waals surface area contributed by atoms with Gasteiger partial charge in [0.15, 0.2) is 0 Å². The molecule has 1 aliphatic rings. The number of hydrogen-bond donors (Lipinski definition) is 1. The quantitative estimate of drug-likeness (QED) is 0.698. The standard InChI is InChI=1S/C18H21N7O2S/c1-12(2)28(26,27)24-9-18(10-24,5-6-19)25-8-15(13(3)23-25)16-14-4-7-20-17(14)22-11-21-16/h4,7-8,11-12H,5,9-10H2,1-3H3,(H,20,21,22). The summed E-state index contributed by atoms with van der Waals surface area (Å²) in [6.45, 7) is 5.68. The van der Waals surface area contributed by atoms with Crippen LogP contribution in [0.15, 0.2) is 24.8 Å². The summed E-state index contributed by atoms with van der Waals surface area (Å²) in [6, 6.07) is 4.10. The fraction of sp³-hybridized carbons (Fsp3) is 0.444. The number of fused-ring (bicyclic) bond motifs is 1. The van der Waals surface area contributed by atoms with Crippen LogP contribution in [0.5, 0.6) is 0 Å². The number of nitrogens with zero attached hydrogens (tertiary/aromatic N) is 6. The lowest BCUT2D eigenvalue weighted by Gasteiger charge is -2.48. The monoisotopic (exact) mass is 399 g/mol. The summed E-state index contributed by atoms with van der Waals surface area (Å²) < 4.78 is 28.1. The molecule has 0 radical (unpaired) electrons. The highest BCUT2D eigenvalue weighted by Crippen LogP contribution is 2.37. The second-order valence-electron chi connectivity index (χ2n) is 7.46. The Labute approximate surface area is 163 Å². The number of H-pyrrole nitrogens is 1.